The predicted molar refractivity (Wildman–Crippen MR) is 87.5 cm³/mol. The van der Waals surface area contributed by atoms with Crippen molar-refractivity contribution < 1.29 is 9.18 Å². The van der Waals surface area contributed by atoms with Gasteiger partial charge in [-0.25, -0.2) is 4.39 Å². The molecule has 1 atom stereocenters. The Morgan fingerprint density at radius 2 is 1.86 bits per heavy atom. The molecule has 1 unspecified atom stereocenters. The Bertz CT molecular complexity index is 494. The van der Waals surface area contributed by atoms with Gasteiger partial charge in [0.2, 0.25) is 5.91 Å². The normalized spacial score (nSPS) is 23.6. The molecule has 1 aromatic carbocycles. The fraction of sp³-hybridized carbons (Fsp3) is 0.588. The van der Waals surface area contributed by atoms with Crippen LogP contribution in [-0.4, -0.2) is 19.0 Å². The van der Waals surface area contributed by atoms with Crippen LogP contribution >= 0.6 is 12.4 Å². The maximum atomic E-state index is 13.2. The molecule has 1 aliphatic carbocycles. The Balaban J connectivity index is 0.00000176. The van der Waals surface area contributed by atoms with Gasteiger partial charge in [-0.3, -0.25) is 4.79 Å². The summed E-state index contributed by atoms with van der Waals surface area (Å²) in [6, 6.07) is 6.62. The molecule has 1 aromatic rings. The quantitative estimate of drug-likeness (QED) is 0.896. The molecular formula is C17H24ClFN2O. The van der Waals surface area contributed by atoms with E-state index in [9.17, 15) is 9.18 Å². The first kappa shape index (κ1) is 17.2. The van der Waals surface area contributed by atoms with Gasteiger partial charge in [0.1, 0.15) is 5.82 Å². The van der Waals surface area contributed by atoms with Crippen LogP contribution in [0.1, 0.15) is 44.1 Å². The Hall–Kier alpha value is -1.13. The van der Waals surface area contributed by atoms with E-state index in [-0.39, 0.29) is 35.6 Å². The molecule has 22 heavy (non-hydrogen) atoms. The van der Waals surface area contributed by atoms with Crippen LogP contribution in [-0.2, 0) is 10.3 Å². The molecule has 1 saturated carbocycles. The lowest BCUT2D eigenvalue weighted by atomic mass is 9.86. The molecule has 1 saturated heterocycles. The number of halogens is 2. The molecule has 5 heteroatoms. The van der Waals surface area contributed by atoms with Gasteiger partial charge >= 0.3 is 0 Å². The van der Waals surface area contributed by atoms with Crippen LogP contribution in [0.25, 0.3) is 0 Å². The highest BCUT2D eigenvalue weighted by atomic mass is 35.5. The third-order valence-electron chi connectivity index (χ3n) is 4.88. The Labute approximate surface area is 137 Å². The first-order valence-corrected chi connectivity index (χ1v) is 7.98. The molecule has 0 radical (unpaired) electrons. The van der Waals surface area contributed by atoms with Gasteiger partial charge in [-0.1, -0.05) is 25.0 Å². The second-order valence-electron chi connectivity index (χ2n) is 6.33. The van der Waals surface area contributed by atoms with E-state index in [1.165, 1.54) is 12.1 Å². The molecule has 0 bridgehead atoms. The van der Waals surface area contributed by atoms with Crippen molar-refractivity contribution in [2.45, 2.75) is 44.1 Å². The maximum absolute atomic E-state index is 13.2. The molecule has 1 amide bonds. The summed E-state index contributed by atoms with van der Waals surface area (Å²) in [5.74, 6) is -0.0141. The first-order chi connectivity index (χ1) is 10.2. The SMILES string of the molecule is Cl.O=C(NC1(c2ccc(F)cc2)CCCC1)C1CCCNC1. The van der Waals surface area contributed by atoms with Crippen molar-refractivity contribution in [3.63, 3.8) is 0 Å². The second kappa shape index (κ2) is 7.42. The molecular weight excluding hydrogens is 303 g/mol. The largest absolute Gasteiger partial charge is 0.346 e. The van der Waals surface area contributed by atoms with Crippen LogP contribution in [0.2, 0.25) is 0 Å². The maximum Gasteiger partial charge on any atom is 0.225 e. The number of nitrogens with one attached hydrogen (secondary N) is 2. The minimum atomic E-state index is -0.289. The van der Waals surface area contributed by atoms with Gasteiger partial charge in [0.15, 0.2) is 0 Å². The molecule has 1 aliphatic heterocycles. The van der Waals surface area contributed by atoms with E-state index in [0.717, 1.165) is 57.2 Å². The standard InChI is InChI=1S/C17H23FN2O.ClH/c18-15-7-5-14(6-8-15)17(9-1-2-10-17)20-16(21)13-4-3-11-19-12-13;/h5-8,13,19H,1-4,9-12H2,(H,20,21);1H. The summed E-state index contributed by atoms with van der Waals surface area (Å²) in [7, 11) is 0. The van der Waals surface area contributed by atoms with E-state index in [0.29, 0.717) is 0 Å². The Kier molecular flexibility index (Phi) is 5.81. The van der Waals surface area contributed by atoms with E-state index >= 15 is 0 Å². The molecule has 0 aromatic heterocycles. The predicted octanol–water partition coefficient (Wildman–Crippen LogP) is 3.13. The Morgan fingerprint density at radius 1 is 1.18 bits per heavy atom. The number of piperidine rings is 1. The van der Waals surface area contributed by atoms with Crippen LogP contribution in [0.4, 0.5) is 4.39 Å². The van der Waals surface area contributed by atoms with E-state index < -0.39 is 0 Å². The van der Waals surface area contributed by atoms with Crippen LogP contribution in [0.3, 0.4) is 0 Å². The number of rotatable bonds is 3. The van der Waals surface area contributed by atoms with Gasteiger partial charge in [0, 0.05) is 6.54 Å². The summed E-state index contributed by atoms with van der Waals surface area (Å²) in [5.41, 5.74) is 0.751. The van der Waals surface area contributed by atoms with Crippen molar-refractivity contribution in [1.82, 2.24) is 10.6 Å². The third kappa shape index (κ3) is 3.61. The van der Waals surface area contributed by atoms with Crippen molar-refractivity contribution >= 4 is 18.3 Å². The Morgan fingerprint density at radius 3 is 2.45 bits per heavy atom. The molecule has 3 rings (SSSR count). The van der Waals surface area contributed by atoms with Gasteiger partial charge in [-0.15, -0.1) is 12.4 Å². The minimum Gasteiger partial charge on any atom is -0.346 e. The molecule has 122 valence electrons. The lowest BCUT2D eigenvalue weighted by Crippen LogP contribution is -2.49. The van der Waals surface area contributed by atoms with Gasteiger partial charge in [0.25, 0.3) is 0 Å². The van der Waals surface area contributed by atoms with Crippen LogP contribution < -0.4 is 10.6 Å². The summed E-state index contributed by atoms with van der Waals surface area (Å²) in [6.45, 7) is 1.78. The van der Waals surface area contributed by atoms with E-state index in [1.54, 1.807) is 0 Å². The molecule has 2 fully saturated rings. The van der Waals surface area contributed by atoms with Gasteiger partial charge in [-0.05, 0) is 49.9 Å². The van der Waals surface area contributed by atoms with Crippen molar-refractivity contribution in [3.8, 4) is 0 Å². The van der Waals surface area contributed by atoms with Crippen LogP contribution in [0, 0.1) is 11.7 Å². The number of amides is 1. The third-order valence-corrected chi connectivity index (χ3v) is 4.88. The van der Waals surface area contributed by atoms with E-state index in [4.69, 9.17) is 0 Å². The number of hydrogen-bond donors (Lipinski definition) is 2. The number of benzene rings is 1. The molecule has 0 spiro atoms. The van der Waals surface area contributed by atoms with Gasteiger partial charge in [-0.2, -0.15) is 0 Å². The summed E-state index contributed by atoms with van der Waals surface area (Å²) < 4.78 is 13.2. The summed E-state index contributed by atoms with van der Waals surface area (Å²) >= 11 is 0. The van der Waals surface area contributed by atoms with Crippen molar-refractivity contribution in [2.24, 2.45) is 5.92 Å². The van der Waals surface area contributed by atoms with Crippen molar-refractivity contribution in [3.05, 3.63) is 35.6 Å². The fourth-order valence-electron chi connectivity index (χ4n) is 3.65. The second-order valence-corrected chi connectivity index (χ2v) is 6.33. The summed E-state index contributed by atoms with van der Waals surface area (Å²) in [6.07, 6.45) is 6.14. The average molecular weight is 327 g/mol. The first-order valence-electron chi connectivity index (χ1n) is 7.98. The number of carbonyl (C=O) groups excluding carboxylic acids is 1. The molecule has 3 nitrogen and oxygen atoms in total. The van der Waals surface area contributed by atoms with Gasteiger partial charge < -0.3 is 10.6 Å². The molecule has 2 N–H and O–H groups in total. The van der Waals surface area contributed by atoms with Crippen LogP contribution in [0.5, 0.6) is 0 Å². The van der Waals surface area contributed by atoms with E-state index in [1.807, 2.05) is 12.1 Å². The van der Waals surface area contributed by atoms with Gasteiger partial charge in [0.05, 0.1) is 11.5 Å². The summed E-state index contributed by atoms with van der Waals surface area (Å²) in [4.78, 5) is 12.6. The smallest absolute Gasteiger partial charge is 0.225 e. The summed E-state index contributed by atoms with van der Waals surface area (Å²) in [5, 5.41) is 6.59. The zero-order chi connectivity index (χ0) is 14.7. The number of carbonyl (C=O) groups is 1. The lowest BCUT2D eigenvalue weighted by Gasteiger charge is -2.34. The topological polar surface area (TPSA) is 41.1 Å². The number of hydrogen-bond acceptors (Lipinski definition) is 2. The lowest BCUT2D eigenvalue weighted by molar-refractivity contribution is -0.127. The molecule has 1 heterocycles. The minimum absolute atomic E-state index is 0. The zero-order valence-corrected chi connectivity index (χ0v) is 13.6. The highest BCUT2D eigenvalue weighted by Crippen LogP contribution is 2.39. The van der Waals surface area contributed by atoms with Crippen LogP contribution in [0.15, 0.2) is 24.3 Å². The monoisotopic (exact) mass is 326 g/mol. The van der Waals surface area contributed by atoms with Crippen molar-refractivity contribution in [1.29, 1.82) is 0 Å². The van der Waals surface area contributed by atoms with E-state index in [2.05, 4.69) is 10.6 Å². The van der Waals surface area contributed by atoms with Crippen molar-refractivity contribution in [2.75, 3.05) is 13.1 Å². The highest BCUT2D eigenvalue weighted by Gasteiger charge is 2.38. The molecule has 2 aliphatic rings. The fourth-order valence-corrected chi connectivity index (χ4v) is 3.65. The average Bonchev–Trinajstić information content (AvgIpc) is 2.98. The zero-order valence-electron chi connectivity index (χ0n) is 12.7. The highest BCUT2D eigenvalue weighted by molar-refractivity contribution is 5.85.